The van der Waals surface area contributed by atoms with Crippen LogP contribution in [0.1, 0.15) is 21.7 Å². The smallest absolute Gasteiger partial charge is 0.352 e. The van der Waals surface area contributed by atoms with Gasteiger partial charge in [0.2, 0.25) is 0 Å². The van der Waals surface area contributed by atoms with Gasteiger partial charge in [-0.15, -0.1) is 0 Å². The molecular formula is C14H9FN2O3. The first-order valence-electron chi connectivity index (χ1n) is 5.80. The number of carboxylic acids is 1. The van der Waals surface area contributed by atoms with E-state index >= 15 is 0 Å². The van der Waals surface area contributed by atoms with Crippen molar-refractivity contribution in [1.82, 2.24) is 4.98 Å². The summed E-state index contributed by atoms with van der Waals surface area (Å²) < 4.78 is 13.3. The molecule has 6 heteroatoms. The summed E-state index contributed by atoms with van der Waals surface area (Å²) in [6.07, 6.45) is 1.49. The van der Waals surface area contributed by atoms with Crippen molar-refractivity contribution >= 4 is 29.2 Å². The highest BCUT2D eigenvalue weighted by molar-refractivity contribution is 6.34. The largest absolute Gasteiger partial charge is 0.477 e. The summed E-state index contributed by atoms with van der Waals surface area (Å²) in [4.78, 5) is 25.3. The van der Waals surface area contributed by atoms with Crippen LogP contribution in [0.4, 0.5) is 10.1 Å². The Morgan fingerprint density at radius 2 is 2.05 bits per heavy atom. The van der Waals surface area contributed by atoms with Crippen LogP contribution in [0.25, 0.3) is 11.6 Å². The SMILES string of the molecule is O=C1Nc2ccc(F)cc2/C1=C/c1ccc(C(=O)O)[nH]1. The van der Waals surface area contributed by atoms with Gasteiger partial charge in [0, 0.05) is 16.9 Å². The van der Waals surface area contributed by atoms with E-state index in [9.17, 15) is 14.0 Å². The summed E-state index contributed by atoms with van der Waals surface area (Å²) in [6, 6.07) is 6.95. The van der Waals surface area contributed by atoms with Crippen molar-refractivity contribution in [3.05, 3.63) is 53.1 Å². The van der Waals surface area contributed by atoms with Gasteiger partial charge in [0.05, 0.1) is 5.57 Å². The number of hydrogen-bond acceptors (Lipinski definition) is 2. The Balaban J connectivity index is 2.05. The van der Waals surface area contributed by atoms with Crippen LogP contribution in [0.3, 0.4) is 0 Å². The van der Waals surface area contributed by atoms with E-state index in [4.69, 9.17) is 5.11 Å². The molecule has 2 aromatic rings. The van der Waals surface area contributed by atoms with Crippen LogP contribution in [-0.2, 0) is 4.79 Å². The number of aromatic carboxylic acids is 1. The number of rotatable bonds is 2. The number of nitrogens with one attached hydrogen (secondary N) is 2. The quantitative estimate of drug-likeness (QED) is 0.734. The van der Waals surface area contributed by atoms with E-state index in [1.54, 1.807) is 6.07 Å². The van der Waals surface area contributed by atoms with Crippen molar-refractivity contribution in [2.24, 2.45) is 0 Å². The van der Waals surface area contributed by atoms with Crippen molar-refractivity contribution in [3.63, 3.8) is 0 Å². The molecule has 0 aliphatic carbocycles. The number of aromatic amines is 1. The number of fused-ring (bicyclic) bond motifs is 1. The summed E-state index contributed by atoms with van der Waals surface area (Å²) in [5.41, 5.74) is 1.77. The van der Waals surface area contributed by atoms with Gasteiger partial charge < -0.3 is 15.4 Å². The highest BCUT2D eigenvalue weighted by Gasteiger charge is 2.24. The summed E-state index contributed by atoms with van der Waals surface area (Å²) >= 11 is 0. The molecule has 1 aromatic heterocycles. The third-order valence-corrected chi connectivity index (χ3v) is 3.00. The predicted molar refractivity (Wildman–Crippen MR) is 70.7 cm³/mol. The second-order valence-corrected chi connectivity index (χ2v) is 4.33. The lowest BCUT2D eigenvalue weighted by atomic mass is 10.1. The van der Waals surface area contributed by atoms with Gasteiger partial charge in [0.1, 0.15) is 11.5 Å². The predicted octanol–water partition coefficient (Wildman–Crippen LogP) is 2.34. The lowest BCUT2D eigenvalue weighted by Gasteiger charge is -1.97. The number of hydrogen-bond donors (Lipinski definition) is 3. The maximum Gasteiger partial charge on any atom is 0.352 e. The molecule has 1 aromatic carbocycles. The first-order chi connectivity index (χ1) is 9.54. The van der Waals surface area contributed by atoms with Crippen molar-refractivity contribution < 1.29 is 19.1 Å². The molecular weight excluding hydrogens is 263 g/mol. The van der Waals surface area contributed by atoms with E-state index in [-0.39, 0.29) is 11.6 Å². The molecule has 100 valence electrons. The zero-order valence-electron chi connectivity index (χ0n) is 10.1. The van der Waals surface area contributed by atoms with Crippen LogP contribution in [0.5, 0.6) is 0 Å². The number of carboxylic acid groups (broad SMARTS) is 1. The van der Waals surface area contributed by atoms with E-state index in [0.29, 0.717) is 22.5 Å². The van der Waals surface area contributed by atoms with Crippen LogP contribution in [0.15, 0.2) is 30.3 Å². The van der Waals surface area contributed by atoms with Gasteiger partial charge in [0.25, 0.3) is 5.91 Å². The van der Waals surface area contributed by atoms with Crippen LogP contribution in [-0.4, -0.2) is 22.0 Å². The highest BCUT2D eigenvalue weighted by Crippen LogP contribution is 2.33. The second kappa shape index (κ2) is 4.34. The van der Waals surface area contributed by atoms with Crippen molar-refractivity contribution in [3.8, 4) is 0 Å². The zero-order valence-corrected chi connectivity index (χ0v) is 10.1. The van der Waals surface area contributed by atoms with Crippen molar-refractivity contribution in [2.75, 3.05) is 5.32 Å². The molecule has 2 heterocycles. The molecule has 1 aliphatic heterocycles. The number of halogens is 1. The van der Waals surface area contributed by atoms with Crippen LogP contribution in [0, 0.1) is 5.82 Å². The number of aromatic nitrogens is 1. The molecule has 1 aliphatic rings. The molecule has 0 bridgehead atoms. The zero-order chi connectivity index (χ0) is 14.3. The minimum Gasteiger partial charge on any atom is -0.477 e. The third kappa shape index (κ3) is 1.97. The average molecular weight is 272 g/mol. The van der Waals surface area contributed by atoms with Gasteiger partial charge >= 0.3 is 5.97 Å². The molecule has 0 radical (unpaired) electrons. The lowest BCUT2D eigenvalue weighted by molar-refractivity contribution is -0.110. The Morgan fingerprint density at radius 1 is 1.25 bits per heavy atom. The number of anilines is 1. The van der Waals surface area contributed by atoms with Gasteiger partial charge in [-0.2, -0.15) is 0 Å². The third-order valence-electron chi connectivity index (χ3n) is 3.00. The molecule has 0 saturated heterocycles. The Bertz CT molecular complexity index is 762. The Morgan fingerprint density at radius 3 is 2.75 bits per heavy atom. The monoisotopic (exact) mass is 272 g/mol. The molecule has 0 unspecified atom stereocenters. The van der Waals surface area contributed by atoms with Crippen LogP contribution < -0.4 is 5.32 Å². The summed E-state index contributed by atoms with van der Waals surface area (Å²) in [5, 5.41) is 11.4. The van der Waals surface area contributed by atoms with Gasteiger partial charge in [0.15, 0.2) is 0 Å². The molecule has 0 spiro atoms. The molecule has 0 fully saturated rings. The van der Waals surface area contributed by atoms with Gasteiger partial charge in [-0.1, -0.05) is 0 Å². The molecule has 3 N–H and O–H groups in total. The summed E-state index contributed by atoms with van der Waals surface area (Å²) in [5.74, 6) is -1.88. The van der Waals surface area contributed by atoms with E-state index in [0.717, 1.165) is 0 Å². The minimum atomic E-state index is -1.09. The van der Waals surface area contributed by atoms with E-state index < -0.39 is 11.8 Å². The second-order valence-electron chi connectivity index (χ2n) is 4.33. The molecule has 3 rings (SSSR count). The lowest BCUT2D eigenvalue weighted by Crippen LogP contribution is -2.03. The Kier molecular flexibility index (Phi) is 2.64. The number of amides is 1. The number of H-pyrrole nitrogens is 1. The summed E-state index contributed by atoms with van der Waals surface area (Å²) in [6.45, 7) is 0. The van der Waals surface area contributed by atoms with E-state index in [2.05, 4.69) is 10.3 Å². The van der Waals surface area contributed by atoms with E-state index in [1.807, 2.05) is 0 Å². The normalized spacial score (nSPS) is 15.2. The fraction of sp³-hybridized carbons (Fsp3) is 0. The number of benzene rings is 1. The molecule has 20 heavy (non-hydrogen) atoms. The first kappa shape index (κ1) is 12.2. The molecule has 0 saturated carbocycles. The number of carbonyl (C=O) groups excluding carboxylic acids is 1. The van der Waals surface area contributed by atoms with Gasteiger partial charge in [-0.25, -0.2) is 9.18 Å². The Labute approximate surface area is 112 Å². The maximum absolute atomic E-state index is 13.3. The van der Waals surface area contributed by atoms with E-state index in [1.165, 1.54) is 30.3 Å². The topological polar surface area (TPSA) is 82.2 Å². The van der Waals surface area contributed by atoms with Gasteiger partial charge in [-0.05, 0) is 36.4 Å². The summed E-state index contributed by atoms with van der Waals surface area (Å²) in [7, 11) is 0. The first-order valence-corrected chi connectivity index (χ1v) is 5.80. The minimum absolute atomic E-state index is 0.0229. The molecule has 0 atom stereocenters. The standard InChI is InChI=1S/C14H9FN2O3/c15-7-1-3-11-9(5-7)10(13(18)17-11)6-8-2-4-12(16-8)14(19)20/h1-6,16H,(H,17,18)(H,19,20)/b10-6-. The number of carbonyl (C=O) groups is 2. The fourth-order valence-corrected chi connectivity index (χ4v) is 2.08. The Hall–Kier alpha value is -2.89. The van der Waals surface area contributed by atoms with Crippen LogP contribution >= 0.6 is 0 Å². The fourth-order valence-electron chi connectivity index (χ4n) is 2.08. The van der Waals surface area contributed by atoms with Gasteiger partial charge in [-0.3, -0.25) is 4.79 Å². The maximum atomic E-state index is 13.3. The highest BCUT2D eigenvalue weighted by atomic mass is 19.1. The molecule has 5 nitrogen and oxygen atoms in total. The van der Waals surface area contributed by atoms with Crippen molar-refractivity contribution in [1.29, 1.82) is 0 Å². The van der Waals surface area contributed by atoms with Crippen LogP contribution in [0.2, 0.25) is 0 Å². The molecule has 1 amide bonds. The average Bonchev–Trinajstić information content (AvgIpc) is 2.97. The van der Waals surface area contributed by atoms with Crippen molar-refractivity contribution in [2.45, 2.75) is 0 Å².